The molecular weight excluding hydrogens is 374 g/mol. The van der Waals surface area contributed by atoms with Gasteiger partial charge in [-0.15, -0.1) is 11.8 Å². The van der Waals surface area contributed by atoms with Crippen molar-refractivity contribution in [1.29, 1.82) is 0 Å². The number of amides is 1. The van der Waals surface area contributed by atoms with E-state index in [-0.39, 0.29) is 11.2 Å². The summed E-state index contributed by atoms with van der Waals surface area (Å²) in [5.41, 5.74) is 2.26. The highest BCUT2D eigenvalue weighted by Gasteiger charge is 2.22. The Hall–Kier alpha value is -2.23. The second kappa shape index (κ2) is 9.63. The molecule has 0 bridgehead atoms. The van der Waals surface area contributed by atoms with E-state index >= 15 is 0 Å². The smallest absolute Gasteiger partial charge is 0.236 e. The number of nitrogens with zero attached hydrogens (tertiary/aromatic N) is 1. The second-order valence-corrected chi connectivity index (χ2v) is 8.23. The number of hydrogen-bond donors (Lipinski definition) is 0. The van der Waals surface area contributed by atoms with Crippen molar-refractivity contribution in [1.82, 2.24) is 4.90 Å². The molecule has 0 radical (unpaired) electrons. The summed E-state index contributed by atoms with van der Waals surface area (Å²) in [6.07, 6.45) is 0. The second-order valence-electron chi connectivity index (χ2n) is 6.38. The minimum atomic E-state index is -0.182. The maximum atomic E-state index is 13.2. The first-order valence-electron chi connectivity index (χ1n) is 8.90. The van der Waals surface area contributed by atoms with Gasteiger partial charge in [-0.2, -0.15) is 0 Å². The Morgan fingerprint density at radius 3 is 1.81 bits per heavy atom. The maximum absolute atomic E-state index is 13.2. The van der Waals surface area contributed by atoms with Crippen molar-refractivity contribution < 1.29 is 4.79 Å². The van der Waals surface area contributed by atoms with E-state index in [9.17, 15) is 4.79 Å². The number of benzene rings is 3. The largest absolute Gasteiger partial charge is 0.333 e. The monoisotopic (exact) mass is 395 g/mol. The molecule has 27 heavy (non-hydrogen) atoms. The van der Waals surface area contributed by atoms with Crippen LogP contribution in [-0.2, 0) is 17.9 Å². The lowest BCUT2D eigenvalue weighted by atomic mass is 10.1. The van der Waals surface area contributed by atoms with Gasteiger partial charge in [0.2, 0.25) is 5.91 Å². The fourth-order valence-corrected chi connectivity index (χ4v) is 3.92. The fraction of sp³-hybridized carbons (Fsp3) is 0.174. The molecular formula is C23H22ClNOS. The third kappa shape index (κ3) is 5.88. The molecule has 138 valence electrons. The summed E-state index contributed by atoms with van der Waals surface area (Å²) in [4.78, 5) is 16.2. The molecule has 1 amide bonds. The summed E-state index contributed by atoms with van der Waals surface area (Å²) in [5.74, 6) is 0.127. The molecule has 0 unspecified atom stereocenters. The highest BCUT2D eigenvalue weighted by atomic mass is 35.5. The Bertz CT molecular complexity index is 811. The minimum absolute atomic E-state index is 0.127. The minimum Gasteiger partial charge on any atom is -0.333 e. The van der Waals surface area contributed by atoms with Gasteiger partial charge in [-0.3, -0.25) is 4.79 Å². The van der Waals surface area contributed by atoms with Crippen LogP contribution in [0.1, 0.15) is 18.1 Å². The number of thioether (sulfide) groups is 1. The molecule has 0 fully saturated rings. The van der Waals surface area contributed by atoms with Gasteiger partial charge in [0.1, 0.15) is 0 Å². The van der Waals surface area contributed by atoms with Crippen molar-refractivity contribution in [2.24, 2.45) is 0 Å². The summed E-state index contributed by atoms with van der Waals surface area (Å²) >= 11 is 7.52. The van der Waals surface area contributed by atoms with Gasteiger partial charge in [0.15, 0.2) is 0 Å². The predicted octanol–water partition coefficient (Wildman–Crippen LogP) is 6.05. The molecule has 3 aromatic carbocycles. The van der Waals surface area contributed by atoms with Crippen LogP contribution < -0.4 is 0 Å². The first kappa shape index (κ1) is 19.5. The first-order valence-corrected chi connectivity index (χ1v) is 10.2. The Morgan fingerprint density at radius 2 is 1.33 bits per heavy atom. The summed E-state index contributed by atoms with van der Waals surface area (Å²) < 4.78 is 0. The molecule has 1 atom stereocenters. The van der Waals surface area contributed by atoms with E-state index in [1.165, 1.54) is 0 Å². The van der Waals surface area contributed by atoms with Crippen LogP contribution in [0.15, 0.2) is 89.8 Å². The lowest BCUT2D eigenvalue weighted by molar-refractivity contribution is -0.131. The van der Waals surface area contributed by atoms with E-state index < -0.39 is 0 Å². The molecule has 0 aliphatic heterocycles. The fourth-order valence-electron chi connectivity index (χ4n) is 2.84. The van der Waals surface area contributed by atoms with Crippen LogP contribution in [0.2, 0.25) is 5.02 Å². The van der Waals surface area contributed by atoms with Gasteiger partial charge >= 0.3 is 0 Å². The number of carbonyl (C=O) groups excluding carboxylic acids is 1. The summed E-state index contributed by atoms with van der Waals surface area (Å²) in [6, 6.07) is 27.9. The molecule has 0 aliphatic carbocycles. The zero-order chi connectivity index (χ0) is 19.1. The zero-order valence-corrected chi connectivity index (χ0v) is 16.8. The Labute approximate surface area is 170 Å². The SMILES string of the molecule is C[C@H](Sc1ccc(Cl)cc1)C(=O)N(Cc1ccccc1)Cc1ccccc1. The van der Waals surface area contributed by atoms with Crippen LogP contribution in [0, 0.1) is 0 Å². The van der Waals surface area contributed by atoms with E-state index in [1.54, 1.807) is 11.8 Å². The third-order valence-electron chi connectivity index (χ3n) is 4.22. The van der Waals surface area contributed by atoms with Crippen molar-refractivity contribution in [3.8, 4) is 0 Å². The first-order chi connectivity index (χ1) is 13.1. The summed E-state index contributed by atoms with van der Waals surface area (Å²) in [6.45, 7) is 3.16. The highest BCUT2D eigenvalue weighted by Crippen LogP contribution is 2.26. The van der Waals surface area contributed by atoms with Gasteiger partial charge in [0.25, 0.3) is 0 Å². The summed E-state index contributed by atoms with van der Waals surface area (Å²) in [7, 11) is 0. The maximum Gasteiger partial charge on any atom is 0.236 e. The van der Waals surface area contributed by atoms with Crippen LogP contribution in [0.25, 0.3) is 0 Å². The normalized spacial score (nSPS) is 11.8. The van der Waals surface area contributed by atoms with Crippen molar-refractivity contribution in [2.45, 2.75) is 30.2 Å². The molecule has 3 aromatic rings. The van der Waals surface area contributed by atoms with Gasteiger partial charge in [-0.05, 0) is 42.3 Å². The number of carbonyl (C=O) groups is 1. The number of rotatable bonds is 7. The van der Waals surface area contributed by atoms with Gasteiger partial charge in [-0.1, -0.05) is 72.3 Å². The molecule has 2 nitrogen and oxygen atoms in total. The van der Waals surface area contributed by atoms with Crippen LogP contribution in [0.4, 0.5) is 0 Å². The van der Waals surface area contributed by atoms with E-state index in [4.69, 9.17) is 11.6 Å². The Balaban J connectivity index is 1.75. The molecule has 0 heterocycles. The molecule has 4 heteroatoms. The molecule has 0 saturated heterocycles. The molecule has 0 aromatic heterocycles. The van der Waals surface area contributed by atoms with Crippen LogP contribution in [0.5, 0.6) is 0 Å². The predicted molar refractivity (Wildman–Crippen MR) is 114 cm³/mol. The van der Waals surface area contributed by atoms with Crippen LogP contribution >= 0.6 is 23.4 Å². The number of hydrogen-bond acceptors (Lipinski definition) is 2. The highest BCUT2D eigenvalue weighted by molar-refractivity contribution is 8.00. The standard InChI is InChI=1S/C23H22ClNOS/c1-18(27-22-14-12-21(24)13-15-22)23(26)25(16-19-8-4-2-5-9-19)17-20-10-6-3-7-11-20/h2-15,18H,16-17H2,1H3/t18-/m0/s1. The quantitative estimate of drug-likeness (QED) is 0.454. The van der Waals surface area contributed by atoms with Gasteiger partial charge in [-0.25, -0.2) is 0 Å². The van der Waals surface area contributed by atoms with Crippen molar-refractivity contribution in [2.75, 3.05) is 0 Å². The summed E-state index contributed by atoms with van der Waals surface area (Å²) in [5, 5.41) is 0.520. The molecule has 0 spiro atoms. The Morgan fingerprint density at radius 1 is 0.852 bits per heavy atom. The van der Waals surface area contributed by atoms with Crippen LogP contribution in [-0.4, -0.2) is 16.1 Å². The number of halogens is 1. The molecule has 3 rings (SSSR count). The Kier molecular flexibility index (Phi) is 6.97. The molecule has 0 N–H and O–H groups in total. The van der Waals surface area contributed by atoms with Crippen molar-refractivity contribution >= 4 is 29.3 Å². The van der Waals surface area contributed by atoms with Gasteiger partial charge in [0.05, 0.1) is 5.25 Å². The lowest BCUT2D eigenvalue weighted by Gasteiger charge is -2.26. The average Bonchev–Trinajstić information content (AvgIpc) is 2.70. The molecule has 0 aliphatic rings. The topological polar surface area (TPSA) is 20.3 Å². The van der Waals surface area contributed by atoms with Gasteiger partial charge < -0.3 is 4.90 Å². The van der Waals surface area contributed by atoms with E-state index in [0.29, 0.717) is 18.1 Å². The van der Waals surface area contributed by atoms with Crippen LogP contribution in [0.3, 0.4) is 0 Å². The average molecular weight is 396 g/mol. The van der Waals surface area contributed by atoms with E-state index in [1.807, 2.05) is 72.5 Å². The van der Waals surface area contributed by atoms with Crippen molar-refractivity contribution in [3.63, 3.8) is 0 Å². The van der Waals surface area contributed by atoms with E-state index in [2.05, 4.69) is 24.3 Å². The van der Waals surface area contributed by atoms with Gasteiger partial charge in [0, 0.05) is 23.0 Å². The molecule has 0 saturated carbocycles. The van der Waals surface area contributed by atoms with Crippen molar-refractivity contribution in [3.05, 3.63) is 101 Å². The third-order valence-corrected chi connectivity index (χ3v) is 5.57. The lowest BCUT2D eigenvalue weighted by Crippen LogP contribution is -2.35. The zero-order valence-electron chi connectivity index (χ0n) is 15.2. The van der Waals surface area contributed by atoms with E-state index in [0.717, 1.165) is 16.0 Å².